The number of hydrogen-bond acceptors (Lipinski definition) is 1. The molecule has 0 aliphatic heterocycles. The maximum atomic E-state index is 4.24. The standard InChI is InChI=1S/C24H21N3/c1-15-22(18-7-3-5-9-20(18)26-15)24(17-11-13-25-14-12-17)23-16(2)27-21-10-6-4-8-19(21)23/h3-14,24,26-27H,1-2H3. The Morgan fingerprint density at radius 2 is 1.15 bits per heavy atom. The Balaban J connectivity index is 1.88. The molecule has 2 aromatic carbocycles. The Morgan fingerprint density at radius 1 is 0.667 bits per heavy atom. The molecule has 0 spiro atoms. The van der Waals surface area contributed by atoms with E-state index in [4.69, 9.17) is 0 Å². The van der Waals surface area contributed by atoms with Crippen molar-refractivity contribution in [2.75, 3.05) is 0 Å². The van der Waals surface area contributed by atoms with Crippen LogP contribution in [0.4, 0.5) is 0 Å². The van der Waals surface area contributed by atoms with Crippen LogP contribution in [-0.2, 0) is 0 Å². The topological polar surface area (TPSA) is 44.5 Å². The Hall–Kier alpha value is -3.33. The third-order valence-electron chi connectivity index (χ3n) is 5.50. The van der Waals surface area contributed by atoms with Crippen molar-refractivity contribution in [3.05, 3.63) is 101 Å². The lowest BCUT2D eigenvalue weighted by molar-refractivity contribution is 0.956. The first kappa shape index (κ1) is 15.9. The van der Waals surface area contributed by atoms with Crippen LogP contribution < -0.4 is 0 Å². The number of fused-ring (bicyclic) bond motifs is 2. The highest BCUT2D eigenvalue weighted by Gasteiger charge is 2.26. The molecule has 2 N–H and O–H groups in total. The zero-order valence-electron chi connectivity index (χ0n) is 15.5. The van der Waals surface area contributed by atoms with Crippen LogP contribution in [0.1, 0.15) is 34.0 Å². The van der Waals surface area contributed by atoms with Gasteiger partial charge >= 0.3 is 0 Å². The van der Waals surface area contributed by atoms with Crippen LogP contribution in [0, 0.1) is 13.8 Å². The van der Waals surface area contributed by atoms with Gasteiger partial charge in [-0.15, -0.1) is 0 Å². The van der Waals surface area contributed by atoms with Gasteiger partial charge in [0.2, 0.25) is 0 Å². The molecule has 0 radical (unpaired) electrons. The Kier molecular flexibility index (Phi) is 3.61. The summed E-state index contributed by atoms with van der Waals surface area (Å²) in [4.78, 5) is 11.4. The summed E-state index contributed by atoms with van der Waals surface area (Å²) < 4.78 is 0. The quantitative estimate of drug-likeness (QED) is 0.421. The number of nitrogens with one attached hydrogen (secondary N) is 2. The summed E-state index contributed by atoms with van der Waals surface area (Å²) in [6.07, 6.45) is 3.77. The number of pyridine rings is 1. The fraction of sp³-hybridized carbons (Fsp3) is 0.125. The molecule has 5 aromatic rings. The predicted molar refractivity (Wildman–Crippen MR) is 111 cm³/mol. The lowest BCUT2D eigenvalue weighted by atomic mass is 9.82. The summed E-state index contributed by atoms with van der Waals surface area (Å²) in [6, 6.07) is 21.4. The summed E-state index contributed by atoms with van der Waals surface area (Å²) in [6.45, 7) is 4.35. The van der Waals surface area contributed by atoms with Gasteiger partial charge in [-0.2, -0.15) is 0 Å². The fourth-order valence-electron chi connectivity index (χ4n) is 4.37. The number of benzene rings is 2. The third kappa shape index (κ3) is 2.47. The van der Waals surface area contributed by atoms with Crippen molar-refractivity contribution in [1.82, 2.24) is 15.0 Å². The van der Waals surface area contributed by atoms with Gasteiger partial charge in [0.1, 0.15) is 0 Å². The molecule has 0 bridgehead atoms. The van der Waals surface area contributed by atoms with E-state index in [-0.39, 0.29) is 5.92 Å². The normalized spacial score (nSPS) is 11.7. The molecule has 0 atom stereocenters. The SMILES string of the molecule is Cc1[nH]c2ccccc2c1C(c1ccncc1)c1c(C)[nH]c2ccccc12. The molecule has 0 fully saturated rings. The van der Waals surface area contributed by atoms with E-state index in [0.29, 0.717) is 0 Å². The molecule has 3 heterocycles. The predicted octanol–water partition coefficient (Wildman–Crippen LogP) is 5.84. The fourth-order valence-corrected chi connectivity index (χ4v) is 4.37. The van der Waals surface area contributed by atoms with E-state index in [1.165, 1.54) is 49.9 Å². The van der Waals surface area contributed by atoms with Crippen LogP contribution in [-0.4, -0.2) is 15.0 Å². The van der Waals surface area contributed by atoms with E-state index < -0.39 is 0 Å². The Bertz CT molecular complexity index is 1160. The summed E-state index contributed by atoms with van der Waals surface area (Å²) in [5.41, 5.74) is 8.72. The minimum atomic E-state index is 0.139. The summed E-state index contributed by atoms with van der Waals surface area (Å²) in [7, 11) is 0. The van der Waals surface area contributed by atoms with Crippen molar-refractivity contribution in [2.24, 2.45) is 0 Å². The van der Waals surface area contributed by atoms with Crippen molar-refractivity contribution in [2.45, 2.75) is 19.8 Å². The zero-order valence-corrected chi connectivity index (χ0v) is 15.5. The molecule has 27 heavy (non-hydrogen) atoms. The second-order valence-electron chi connectivity index (χ2n) is 7.13. The average molecular weight is 351 g/mol. The van der Waals surface area contributed by atoms with Crippen LogP contribution in [0.25, 0.3) is 21.8 Å². The van der Waals surface area contributed by atoms with Gasteiger partial charge in [0.15, 0.2) is 0 Å². The summed E-state index contributed by atoms with van der Waals surface area (Å²) in [5, 5.41) is 2.56. The molecular formula is C24H21N3. The second-order valence-corrected chi connectivity index (χ2v) is 7.13. The number of aromatic amines is 2. The highest BCUT2D eigenvalue weighted by molar-refractivity contribution is 5.90. The molecule has 0 amide bonds. The molecule has 132 valence electrons. The third-order valence-corrected chi connectivity index (χ3v) is 5.50. The smallest absolute Gasteiger partial charge is 0.0459 e. The van der Waals surface area contributed by atoms with Gasteiger partial charge in [-0.1, -0.05) is 36.4 Å². The van der Waals surface area contributed by atoms with Gasteiger partial charge in [-0.25, -0.2) is 0 Å². The molecule has 3 aromatic heterocycles. The lowest BCUT2D eigenvalue weighted by Crippen LogP contribution is -2.06. The molecular weight excluding hydrogens is 330 g/mol. The van der Waals surface area contributed by atoms with Crippen LogP contribution in [0.3, 0.4) is 0 Å². The van der Waals surface area contributed by atoms with Gasteiger partial charge in [-0.05, 0) is 54.8 Å². The molecule has 0 aliphatic carbocycles. The average Bonchev–Trinajstić information content (AvgIpc) is 3.20. The molecule has 3 nitrogen and oxygen atoms in total. The first-order valence-corrected chi connectivity index (χ1v) is 9.28. The van der Waals surface area contributed by atoms with Crippen LogP contribution >= 0.6 is 0 Å². The number of rotatable bonds is 3. The first-order chi connectivity index (χ1) is 13.2. The lowest BCUT2D eigenvalue weighted by Gasteiger charge is -2.20. The zero-order chi connectivity index (χ0) is 18.4. The molecule has 0 saturated heterocycles. The van der Waals surface area contributed by atoms with Gasteiger partial charge in [0.05, 0.1) is 0 Å². The van der Waals surface area contributed by atoms with Crippen molar-refractivity contribution >= 4 is 21.8 Å². The van der Waals surface area contributed by atoms with Crippen LogP contribution in [0.2, 0.25) is 0 Å². The van der Waals surface area contributed by atoms with Gasteiger partial charge in [-0.3, -0.25) is 4.98 Å². The van der Waals surface area contributed by atoms with E-state index in [2.05, 4.69) is 89.5 Å². The largest absolute Gasteiger partial charge is 0.358 e. The second kappa shape index (κ2) is 6.13. The molecule has 0 unspecified atom stereocenters. The number of para-hydroxylation sites is 2. The van der Waals surface area contributed by atoms with Gasteiger partial charge in [0, 0.05) is 51.5 Å². The Morgan fingerprint density at radius 3 is 1.67 bits per heavy atom. The summed E-state index contributed by atoms with van der Waals surface area (Å²) in [5.74, 6) is 0.139. The first-order valence-electron chi connectivity index (χ1n) is 9.28. The van der Waals surface area contributed by atoms with E-state index in [1.54, 1.807) is 0 Å². The number of aryl methyl sites for hydroxylation is 2. The monoisotopic (exact) mass is 351 g/mol. The number of aromatic nitrogens is 3. The van der Waals surface area contributed by atoms with Crippen LogP contribution in [0.15, 0.2) is 73.1 Å². The molecule has 0 saturated carbocycles. The highest BCUT2D eigenvalue weighted by atomic mass is 14.7. The van der Waals surface area contributed by atoms with E-state index in [9.17, 15) is 0 Å². The Labute approximate surface area is 158 Å². The van der Waals surface area contributed by atoms with Crippen molar-refractivity contribution in [3.63, 3.8) is 0 Å². The minimum Gasteiger partial charge on any atom is -0.358 e. The van der Waals surface area contributed by atoms with Gasteiger partial charge < -0.3 is 9.97 Å². The number of H-pyrrole nitrogens is 2. The molecule has 5 rings (SSSR count). The van der Waals surface area contributed by atoms with E-state index in [1.807, 2.05) is 12.4 Å². The summed E-state index contributed by atoms with van der Waals surface area (Å²) >= 11 is 0. The van der Waals surface area contributed by atoms with Crippen LogP contribution in [0.5, 0.6) is 0 Å². The van der Waals surface area contributed by atoms with Crippen molar-refractivity contribution < 1.29 is 0 Å². The van der Waals surface area contributed by atoms with Crippen molar-refractivity contribution in [1.29, 1.82) is 0 Å². The minimum absolute atomic E-state index is 0.139. The van der Waals surface area contributed by atoms with E-state index in [0.717, 1.165) is 0 Å². The molecule has 3 heteroatoms. The maximum Gasteiger partial charge on any atom is 0.0459 e. The molecule has 0 aliphatic rings. The van der Waals surface area contributed by atoms with Crippen molar-refractivity contribution in [3.8, 4) is 0 Å². The number of hydrogen-bond donors (Lipinski definition) is 2. The maximum absolute atomic E-state index is 4.24. The number of nitrogens with zero attached hydrogens (tertiary/aromatic N) is 1. The van der Waals surface area contributed by atoms with E-state index >= 15 is 0 Å². The van der Waals surface area contributed by atoms with Gasteiger partial charge in [0.25, 0.3) is 0 Å². The highest BCUT2D eigenvalue weighted by Crippen LogP contribution is 2.42.